The van der Waals surface area contributed by atoms with Crippen molar-refractivity contribution in [1.82, 2.24) is 4.90 Å². The summed E-state index contributed by atoms with van der Waals surface area (Å²) in [5.41, 5.74) is 5.37. The molecule has 16 heavy (non-hydrogen) atoms. The van der Waals surface area contributed by atoms with Crippen molar-refractivity contribution in [2.75, 3.05) is 25.1 Å². The average Bonchev–Trinajstić information content (AvgIpc) is 2.25. The summed E-state index contributed by atoms with van der Waals surface area (Å²) < 4.78 is 22.6. The van der Waals surface area contributed by atoms with Gasteiger partial charge in [-0.15, -0.1) is 0 Å². The van der Waals surface area contributed by atoms with Crippen LogP contribution in [-0.4, -0.2) is 55.5 Å². The first kappa shape index (κ1) is 15.2. The predicted octanol–water partition coefficient (Wildman–Crippen LogP) is -0.122. The lowest BCUT2D eigenvalue weighted by molar-refractivity contribution is 0.271. The summed E-state index contributed by atoms with van der Waals surface area (Å²) >= 11 is 0. The molecule has 0 heterocycles. The summed E-state index contributed by atoms with van der Waals surface area (Å²) in [4.78, 5) is 1.88. The molecule has 0 bridgehead atoms. The average molecular weight is 251 g/mol. The molecule has 0 aliphatic carbocycles. The van der Waals surface area contributed by atoms with Gasteiger partial charge < -0.3 is 15.8 Å². The first-order valence-electron chi connectivity index (χ1n) is 5.19. The fourth-order valence-electron chi connectivity index (χ4n) is 1.15. The van der Waals surface area contributed by atoms with Gasteiger partial charge in [0, 0.05) is 24.8 Å². The van der Waals surface area contributed by atoms with Crippen LogP contribution in [0.5, 0.6) is 0 Å². The molecule has 0 amide bonds. The van der Waals surface area contributed by atoms with Gasteiger partial charge in [-0.2, -0.15) is 0 Å². The zero-order chi connectivity index (χ0) is 12.8. The number of rotatable bonds is 7. The van der Waals surface area contributed by atoms with E-state index >= 15 is 0 Å². The lowest BCUT2D eigenvalue weighted by atomic mass is 10.2. The van der Waals surface area contributed by atoms with Gasteiger partial charge in [-0.1, -0.05) is 12.1 Å². The van der Waals surface area contributed by atoms with Crippen molar-refractivity contribution in [3.63, 3.8) is 0 Å². The molecule has 1 atom stereocenters. The zero-order valence-electron chi connectivity index (χ0n) is 10.0. The molecule has 0 rings (SSSR count). The highest BCUT2D eigenvalue weighted by atomic mass is 32.2. The molecule has 0 radical (unpaired) electrons. The van der Waals surface area contributed by atoms with Crippen LogP contribution in [0.2, 0.25) is 0 Å². The van der Waals surface area contributed by atoms with Crippen molar-refractivity contribution < 1.29 is 13.6 Å². The zero-order valence-corrected chi connectivity index (χ0v) is 10.9. The molecule has 0 aliphatic heterocycles. The number of hydrogen-bond acceptors (Lipinski definition) is 5. The smallest absolute Gasteiger partial charge is 0.151 e. The molecule has 0 aromatic rings. The van der Waals surface area contributed by atoms with Crippen LogP contribution in [0, 0.1) is 0 Å². The Morgan fingerprint density at radius 3 is 2.56 bits per heavy atom. The van der Waals surface area contributed by atoms with Crippen molar-refractivity contribution in [3.8, 4) is 0 Å². The van der Waals surface area contributed by atoms with E-state index in [4.69, 9.17) is 10.9 Å². The van der Waals surface area contributed by atoms with E-state index in [1.54, 1.807) is 6.92 Å². The van der Waals surface area contributed by atoms with Crippen molar-refractivity contribution in [1.29, 1.82) is 0 Å². The Morgan fingerprint density at radius 2 is 2.12 bits per heavy atom. The molecule has 0 aliphatic rings. The lowest BCUT2D eigenvalue weighted by Gasteiger charge is -2.23. The maximum Gasteiger partial charge on any atom is 0.151 e. The Labute approximate surface area is 97.0 Å². The Balaban J connectivity index is 4.12. The van der Waals surface area contributed by atoms with Crippen molar-refractivity contribution in [2.24, 2.45) is 10.9 Å². The second-order valence-electron chi connectivity index (χ2n) is 3.86. The molecule has 96 valence electrons. The maximum absolute atomic E-state index is 11.3. The lowest BCUT2D eigenvalue weighted by Crippen LogP contribution is -2.36. The van der Waals surface area contributed by atoms with E-state index in [1.165, 1.54) is 0 Å². The molecule has 6 nitrogen and oxygen atoms in total. The van der Waals surface area contributed by atoms with Crippen LogP contribution in [0.1, 0.15) is 20.3 Å². The van der Waals surface area contributed by atoms with E-state index in [-0.39, 0.29) is 23.4 Å². The van der Waals surface area contributed by atoms with Gasteiger partial charge in [0.05, 0.1) is 5.75 Å². The Hall–Kier alpha value is -0.820. The van der Waals surface area contributed by atoms with Crippen LogP contribution in [-0.2, 0) is 9.84 Å². The fraction of sp³-hybridized carbons (Fsp3) is 0.889. The highest BCUT2D eigenvalue weighted by Gasteiger charge is 2.14. The number of nitrogens with zero attached hydrogens (tertiary/aromatic N) is 2. The number of nitrogens with two attached hydrogens (primary N) is 1. The fourth-order valence-corrected chi connectivity index (χ4v) is 2.00. The molecule has 0 aromatic carbocycles. The minimum atomic E-state index is -2.93. The van der Waals surface area contributed by atoms with Gasteiger partial charge in [0.25, 0.3) is 0 Å². The standard InChI is InChI=1S/C9H21N3O3S/c1-4-16(14,15)6-5-12(3)8(2)7-9(10)11-13/h8,13H,4-7H2,1-3H3,(H2,10,11). The molecule has 0 saturated heterocycles. The molecule has 0 aromatic heterocycles. The highest BCUT2D eigenvalue weighted by Crippen LogP contribution is 2.02. The largest absolute Gasteiger partial charge is 0.409 e. The van der Waals surface area contributed by atoms with Gasteiger partial charge in [-0.05, 0) is 14.0 Å². The van der Waals surface area contributed by atoms with Crippen LogP contribution >= 0.6 is 0 Å². The first-order chi connectivity index (χ1) is 7.32. The topological polar surface area (TPSA) is 96.0 Å². The normalized spacial score (nSPS) is 15.4. The Kier molecular flexibility index (Phi) is 6.35. The predicted molar refractivity (Wildman–Crippen MR) is 64.4 cm³/mol. The first-order valence-corrected chi connectivity index (χ1v) is 7.01. The number of hydrogen-bond donors (Lipinski definition) is 2. The molecular weight excluding hydrogens is 230 g/mol. The van der Waals surface area contributed by atoms with Crippen LogP contribution in [0.25, 0.3) is 0 Å². The van der Waals surface area contributed by atoms with Crippen molar-refractivity contribution >= 4 is 15.7 Å². The summed E-state index contributed by atoms with van der Waals surface area (Å²) in [7, 11) is -1.11. The third-order valence-corrected chi connectivity index (χ3v) is 4.26. The molecule has 3 N–H and O–H groups in total. The third kappa shape index (κ3) is 5.92. The quantitative estimate of drug-likeness (QED) is 0.284. The van der Waals surface area contributed by atoms with E-state index in [1.807, 2.05) is 18.9 Å². The monoisotopic (exact) mass is 251 g/mol. The highest BCUT2D eigenvalue weighted by molar-refractivity contribution is 7.91. The van der Waals surface area contributed by atoms with Gasteiger partial charge >= 0.3 is 0 Å². The molecular formula is C9H21N3O3S. The van der Waals surface area contributed by atoms with E-state index in [0.717, 1.165) is 0 Å². The third-order valence-electron chi connectivity index (χ3n) is 2.58. The van der Waals surface area contributed by atoms with Crippen LogP contribution < -0.4 is 5.73 Å². The summed E-state index contributed by atoms with van der Waals surface area (Å²) in [6.45, 7) is 3.99. The van der Waals surface area contributed by atoms with E-state index in [2.05, 4.69) is 5.16 Å². The van der Waals surface area contributed by atoms with Gasteiger partial charge in [0.2, 0.25) is 0 Å². The van der Waals surface area contributed by atoms with Gasteiger partial charge in [0.1, 0.15) is 5.84 Å². The van der Waals surface area contributed by atoms with Gasteiger partial charge in [0.15, 0.2) is 9.84 Å². The maximum atomic E-state index is 11.3. The Morgan fingerprint density at radius 1 is 1.56 bits per heavy atom. The van der Waals surface area contributed by atoms with E-state index in [0.29, 0.717) is 13.0 Å². The number of oxime groups is 1. The molecule has 0 saturated carbocycles. The second kappa shape index (κ2) is 6.70. The number of amidine groups is 1. The number of sulfone groups is 1. The van der Waals surface area contributed by atoms with E-state index < -0.39 is 9.84 Å². The van der Waals surface area contributed by atoms with Crippen molar-refractivity contribution in [3.05, 3.63) is 0 Å². The summed E-state index contributed by atoms with van der Waals surface area (Å²) in [5.74, 6) is 0.452. The second-order valence-corrected chi connectivity index (χ2v) is 6.33. The minimum absolute atomic E-state index is 0.0444. The van der Waals surface area contributed by atoms with Crippen LogP contribution in [0.15, 0.2) is 5.16 Å². The summed E-state index contributed by atoms with van der Waals surface area (Å²) in [6.07, 6.45) is 0.416. The molecule has 1 unspecified atom stereocenters. The molecule has 0 spiro atoms. The summed E-state index contributed by atoms with van der Waals surface area (Å²) in [6, 6.07) is 0.0444. The van der Waals surface area contributed by atoms with Crippen molar-refractivity contribution in [2.45, 2.75) is 26.3 Å². The van der Waals surface area contributed by atoms with Gasteiger partial charge in [-0.3, -0.25) is 0 Å². The van der Waals surface area contributed by atoms with Crippen LogP contribution in [0.3, 0.4) is 0 Å². The van der Waals surface area contributed by atoms with Gasteiger partial charge in [-0.25, -0.2) is 8.42 Å². The Bertz CT molecular complexity index is 327. The molecule has 7 heteroatoms. The minimum Gasteiger partial charge on any atom is -0.409 e. The molecule has 0 fully saturated rings. The SMILES string of the molecule is CCS(=O)(=O)CCN(C)C(C)CC(N)=NO. The van der Waals surface area contributed by atoms with Crippen LogP contribution in [0.4, 0.5) is 0 Å². The summed E-state index contributed by atoms with van der Waals surface area (Å²) in [5, 5.41) is 11.3. The van der Waals surface area contributed by atoms with E-state index in [9.17, 15) is 8.42 Å².